The molecule has 2 fully saturated rings. The maximum atomic E-state index is 12.5. The predicted molar refractivity (Wildman–Crippen MR) is 86.5 cm³/mol. The largest absolute Gasteiger partial charge is 0.481 e. The Balaban J connectivity index is 1.53. The lowest BCUT2D eigenvalue weighted by Gasteiger charge is -2.33. The first-order valence-corrected chi connectivity index (χ1v) is 8.30. The molecule has 1 amide bonds. The van der Waals surface area contributed by atoms with E-state index < -0.39 is 11.9 Å². The van der Waals surface area contributed by atoms with Crippen LogP contribution in [0.5, 0.6) is 0 Å². The minimum atomic E-state index is -0.802. The highest BCUT2D eigenvalue weighted by Gasteiger charge is 2.35. The highest BCUT2D eigenvalue weighted by Crippen LogP contribution is 2.26. The van der Waals surface area contributed by atoms with Crippen molar-refractivity contribution < 1.29 is 14.7 Å². The first-order chi connectivity index (χ1) is 11.0. The number of rotatable bonds is 3. The first-order valence-electron chi connectivity index (χ1n) is 7.92. The summed E-state index contributed by atoms with van der Waals surface area (Å²) in [6, 6.07) is 3.71. The van der Waals surface area contributed by atoms with Crippen LogP contribution in [0.3, 0.4) is 0 Å². The molecule has 2 saturated heterocycles. The van der Waals surface area contributed by atoms with Gasteiger partial charge >= 0.3 is 5.97 Å². The van der Waals surface area contributed by atoms with Crippen LogP contribution in [-0.2, 0) is 9.59 Å². The lowest BCUT2D eigenvalue weighted by Crippen LogP contribution is -2.42. The van der Waals surface area contributed by atoms with Crippen LogP contribution < -0.4 is 4.90 Å². The van der Waals surface area contributed by atoms with Gasteiger partial charge in [-0.1, -0.05) is 11.6 Å². The number of nitrogens with zero attached hydrogens (tertiary/aromatic N) is 3. The molecule has 6 nitrogen and oxygen atoms in total. The third-order valence-corrected chi connectivity index (χ3v) is 4.95. The fourth-order valence-electron chi connectivity index (χ4n) is 3.33. The van der Waals surface area contributed by atoms with E-state index in [1.165, 1.54) is 0 Å². The van der Waals surface area contributed by atoms with Crippen LogP contribution in [0, 0.1) is 11.8 Å². The van der Waals surface area contributed by atoms with Crippen LogP contribution >= 0.6 is 11.6 Å². The van der Waals surface area contributed by atoms with Crippen molar-refractivity contribution in [1.82, 2.24) is 9.88 Å². The van der Waals surface area contributed by atoms with Gasteiger partial charge in [0.25, 0.3) is 0 Å². The second-order valence-electron chi connectivity index (χ2n) is 6.20. The number of piperidine rings is 1. The minimum Gasteiger partial charge on any atom is -0.481 e. The molecule has 1 aromatic rings. The lowest BCUT2D eigenvalue weighted by molar-refractivity contribution is -0.141. The van der Waals surface area contributed by atoms with Crippen LogP contribution in [0.15, 0.2) is 18.3 Å². The third kappa shape index (κ3) is 3.58. The van der Waals surface area contributed by atoms with Crippen molar-refractivity contribution >= 4 is 29.3 Å². The van der Waals surface area contributed by atoms with Gasteiger partial charge in [-0.25, -0.2) is 4.98 Å². The van der Waals surface area contributed by atoms with Gasteiger partial charge in [0.05, 0.1) is 10.9 Å². The fourth-order valence-corrected chi connectivity index (χ4v) is 3.44. The summed E-state index contributed by atoms with van der Waals surface area (Å²) in [7, 11) is 0. The zero-order valence-corrected chi connectivity index (χ0v) is 13.6. The number of pyridine rings is 1. The van der Waals surface area contributed by atoms with Gasteiger partial charge in [0.15, 0.2) is 0 Å². The van der Waals surface area contributed by atoms with Gasteiger partial charge in [0, 0.05) is 38.3 Å². The summed E-state index contributed by atoms with van der Waals surface area (Å²) in [5.41, 5.74) is 0. The van der Waals surface area contributed by atoms with Gasteiger partial charge < -0.3 is 14.9 Å². The molecule has 0 aromatic carbocycles. The molecule has 0 radical (unpaired) electrons. The van der Waals surface area contributed by atoms with E-state index >= 15 is 0 Å². The van der Waals surface area contributed by atoms with Crippen molar-refractivity contribution in [1.29, 1.82) is 0 Å². The Labute approximate surface area is 140 Å². The Morgan fingerprint density at radius 1 is 1.13 bits per heavy atom. The third-order valence-electron chi connectivity index (χ3n) is 4.73. The number of aliphatic carboxylic acids is 1. The summed E-state index contributed by atoms with van der Waals surface area (Å²) >= 11 is 5.85. The average Bonchev–Trinajstić information content (AvgIpc) is 3.05. The molecule has 0 aliphatic carbocycles. The molecule has 7 heteroatoms. The molecule has 23 heavy (non-hydrogen) atoms. The molecule has 0 bridgehead atoms. The number of carbonyl (C=O) groups is 2. The Morgan fingerprint density at radius 3 is 2.39 bits per heavy atom. The number of carboxylic acids is 1. The summed E-state index contributed by atoms with van der Waals surface area (Å²) in [6.45, 7) is 2.48. The Hall–Kier alpha value is -1.82. The highest BCUT2D eigenvalue weighted by atomic mass is 35.5. The van der Waals surface area contributed by atoms with Crippen molar-refractivity contribution in [3.63, 3.8) is 0 Å². The second kappa shape index (κ2) is 6.74. The van der Waals surface area contributed by atoms with Gasteiger partial charge in [0.2, 0.25) is 5.91 Å². The number of carboxylic acid groups (broad SMARTS) is 1. The molecule has 3 rings (SSSR count). The van der Waals surface area contributed by atoms with E-state index in [-0.39, 0.29) is 11.8 Å². The Bertz CT molecular complexity index is 585. The molecule has 0 spiro atoms. The topological polar surface area (TPSA) is 73.7 Å². The van der Waals surface area contributed by atoms with Crippen molar-refractivity contribution in [3.8, 4) is 0 Å². The zero-order chi connectivity index (χ0) is 16.4. The maximum absolute atomic E-state index is 12.5. The maximum Gasteiger partial charge on any atom is 0.308 e. The Kier molecular flexibility index (Phi) is 4.71. The summed E-state index contributed by atoms with van der Waals surface area (Å²) in [4.78, 5) is 31.7. The summed E-state index contributed by atoms with van der Waals surface area (Å²) in [5.74, 6) is -0.225. The summed E-state index contributed by atoms with van der Waals surface area (Å²) in [6.07, 6.45) is 3.74. The molecule has 1 atom stereocenters. The molecule has 1 aromatic heterocycles. The minimum absolute atomic E-state index is 0.00825. The predicted octanol–water partition coefficient (Wildman–Crippen LogP) is 1.88. The van der Waals surface area contributed by atoms with Crippen LogP contribution in [-0.4, -0.2) is 53.0 Å². The number of halogens is 1. The first kappa shape index (κ1) is 16.1. The molecule has 124 valence electrons. The fraction of sp³-hybridized carbons (Fsp3) is 0.562. The van der Waals surface area contributed by atoms with Gasteiger partial charge in [-0.15, -0.1) is 0 Å². The molecule has 2 aliphatic heterocycles. The molecular formula is C16H20ClN3O3. The van der Waals surface area contributed by atoms with Crippen LogP contribution in [0.2, 0.25) is 5.02 Å². The number of likely N-dealkylation sites (tertiary alicyclic amines) is 1. The number of anilines is 1. The number of amides is 1. The van der Waals surface area contributed by atoms with E-state index in [0.717, 1.165) is 31.7 Å². The Morgan fingerprint density at radius 2 is 1.83 bits per heavy atom. The monoisotopic (exact) mass is 337 g/mol. The summed E-state index contributed by atoms with van der Waals surface area (Å²) < 4.78 is 0. The SMILES string of the molecule is O=C(O)C1CCN(C(=O)C2CCN(c3ccc(Cl)cn3)CC2)C1. The number of carbonyl (C=O) groups excluding carboxylic acids is 1. The van der Waals surface area contributed by atoms with Crippen LogP contribution in [0.4, 0.5) is 5.82 Å². The number of hydrogen-bond acceptors (Lipinski definition) is 4. The van der Waals surface area contributed by atoms with E-state index in [1.54, 1.807) is 11.1 Å². The van der Waals surface area contributed by atoms with Crippen molar-refractivity contribution in [3.05, 3.63) is 23.4 Å². The van der Waals surface area contributed by atoms with Crippen LogP contribution in [0.25, 0.3) is 0 Å². The second-order valence-corrected chi connectivity index (χ2v) is 6.64. The molecule has 1 unspecified atom stereocenters. The normalized spacial score (nSPS) is 22.4. The standard InChI is InChI=1S/C16H20ClN3O3/c17-13-1-2-14(18-9-13)19-6-3-11(4-7-19)15(21)20-8-5-12(10-20)16(22)23/h1-2,9,11-12H,3-8,10H2,(H,22,23). The van der Waals surface area contributed by atoms with E-state index in [0.29, 0.717) is 24.5 Å². The van der Waals surface area contributed by atoms with Gasteiger partial charge in [0.1, 0.15) is 5.82 Å². The summed E-state index contributed by atoms with van der Waals surface area (Å²) in [5, 5.41) is 9.65. The molecule has 2 aliphatic rings. The van der Waals surface area contributed by atoms with E-state index in [9.17, 15) is 9.59 Å². The smallest absolute Gasteiger partial charge is 0.308 e. The van der Waals surface area contributed by atoms with Crippen molar-refractivity contribution in [2.45, 2.75) is 19.3 Å². The van der Waals surface area contributed by atoms with Crippen molar-refractivity contribution in [2.24, 2.45) is 11.8 Å². The van der Waals surface area contributed by atoms with E-state index in [4.69, 9.17) is 16.7 Å². The lowest BCUT2D eigenvalue weighted by atomic mass is 9.95. The molecule has 3 heterocycles. The molecule has 0 saturated carbocycles. The number of hydrogen-bond donors (Lipinski definition) is 1. The average molecular weight is 338 g/mol. The van der Waals surface area contributed by atoms with Gasteiger partial charge in [-0.2, -0.15) is 0 Å². The van der Waals surface area contributed by atoms with Crippen LogP contribution in [0.1, 0.15) is 19.3 Å². The van der Waals surface area contributed by atoms with E-state index in [1.807, 2.05) is 12.1 Å². The molecule has 1 N–H and O–H groups in total. The van der Waals surface area contributed by atoms with Crippen molar-refractivity contribution in [2.75, 3.05) is 31.1 Å². The van der Waals surface area contributed by atoms with Gasteiger partial charge in [-0.05, 0) is 31.4 Å². The molecular weight excluding hydrogens is 318 g/mol. The number of aromatic nitrogens is 1. The zero-order valence-electron chi connectivity index (χ0n) is 12.8. The highest BCUT2D eigenvalue weighted by molar-refractivity contribution is 6.30. The van der Waals surface area contributed by atoms with Gasteiger partial charge in [-0.3, -0.25) is 9.59 Å². The quantitative estimate of drug-likeness (QED) is 0.911. The van der Waals surface area contributed by atoms with E-state index in [2.05, 4.69) is 9.88 Å².